The molecule has 0 fully saturated rings. The van der Waals surface area contributed by atoms with Crippen LogP contribution >= 0.6 is 0 Å². The van der Waals surface area contributed by atoms with E-state index in [-0.39, 0.29) is 37.5 Å². The molecular formula is C46H77NO6. The summed E-state index contributed by atoms with van der Waals surface area (Å²) in [6.45, 7) is 10.3. The van der Waals surface area contributed by atoms with Crippen LogP contribution in [-0.4, -0.2) is 49.3 Å². The Morgan fingerprint density at radius 1 is 0.491 bits per heavy atom. The maximum Gasteiger partial charge on any atom is 0.307 e. The Bertz CT molecular complexity index is 1010. The van der Waals surface area contributed by atoms with Crippen LogP contribution in [0.3, 0.4) is 0 Å². The van der Waals surface area contributed by atoms with Crippen molar-refractivity contribution >= 4 is 17.9 Å². The topological polar surface area (TPSA) is 90.9 Å². The average Bonchev–Trinajstić information content (AvgIpc) is 3.11. The van der Waals surface area contributed by atoms with Gasteiger partial charge in [-0.1, -0.05) is 125 Å². The van der Waals surface area contributed by atoms with Crippen LogP contribution < -0.4 is 5.32 Å². The van der Waals surface area contributed by atoms with Crippen molar-refractivity contribution < 1.29 is 28.6 Å². The lowest BCUT2D eigenvalue weighted by Gasteiger charge is -2.21. The summed E-state index contributed by atoms with van der Waals surface area (Å²) >= 11 is 0. The Morgan fingerprint density at radius 3 is 1.28 bits per heavy atom. The summed E-state index contributed by atoms with van der Waals surface area (Å²) in [5.41, 5.74) is -0.554. The first-order valence-electron chi connectivity index (χ1n) is 20.8. The van der Waals surface area contributed by atoms with Gasteiger partial charge in [-0.15, -0.1) is 0 Å². The second-order valence-electron chi connectivity index (χ2n) is 14.6. The molecule has 0 aliphatic carbocycles. The molecule has 0 unspecified atom stereocenters. The smallest absolute Gasteiger partial charge is 0.307 e. The highest BCUT2D eigenvalue weighted by Crippen LogP contribution is 2.11. The lowest BCUT2D eigenvalue weighted by atomic mass is 10.1. The SMILES string of the molecule is CC/C=C\C/C=C\C/C=C\CCCCCCCC(=O)OCC(COC(=O)CCCCCCC/C=C\C/C=C\C/C=C\CC)NCCC(=O)OC(C)(C)C. The van der Waals surface area contributed by atoms with Crippen LogP contribution in [0.5, 0.6) is 0 Å². The first kappa shape index (κ1) is 49.8. The minimum Gasteiger partial charge on any atom is -0.464 e. The Balaban J connectivity index is 4.28. The van der Waals surface area contributed by atoms with Crippen molar-refractivity contribution in [2.24, 2.45) is 0 Å². The molecule has 0 saturated carbocycles. The fourth-order valence-corrected chi connectivity index (χ4v) is 5.25. The molecule has 0 atom stereocenters. The van der Waals surface area contributed by atoms with Gasteiger partial charge in [0.1, 0.15) is 18.8 Å². The van der Waals surface area contributed by atoms with E-state index in [2.05, 4.69) is 92.1 Å². The maximum absolute atomic E-state index is 12.5. The van der Waals surface area contributed by atoms with Crippen molar-refractivity contribution in [2.75, 3.05) is 19.8 Å². The molecule has 0 amide bonds. The predicted molar refractivity (Wildman–Crippen MR) is 223 cm³/mol. The Hall–Kier alpha value is -3.19. The number of carbonyl (C=O) groups is 3. The molecule has 0 aromatic heterocycles. The summed E-state index contributed by atoms with van der Waals surface area (Å²) in [4.78, 5) is 37.1. The first-order chi connectivity index (χ1) is 25.7. The highest BCUT2D eigenvalue weighted by atomic mass is 16.6. The Kier molecular flexibility index (Phi) is 34.9. The van der Waals surface area contributed by atoms with Crippen LogP contribution in [-0.2, 0) is 28.6 Å². The molecule has 0 aliphatic heterocycles. The summed E-state index contributed by atoms with van der Waals surface area (Å²) in [6, 6.07) is -0.395. The molecule has 0 rings (SSSR count). The number of unbranched alkanes of at least 4 members (excludes halogenated alkanes) is 10. The van der Waals surface area contributed by atoms with E-state index in [1.807, 2.05) is 20.8 Å². The van der Waals surface area contributed by atoms with Gasteiger partial charge >= 0.3 is 17.9 Å². The molecule has 7 nitrogen and oxygen atoms in total. The van der Waals surface area contributed by atoms with Gasteiger partial charge in [-0.05, 0) is 97.8 Å². The number of esters is 3. The molecule has 7 heteroatoms. The zero-order valence-electron chi connectivity index (χ0n) is 34.4. The predicted octanol–water partition coefficient (Wildman–Crippen LogP) is 11.9. The minimum absolute atomic E-state index is 0.0818. The molecule has 0 spiro atoms. The van der Waals surface area contributed by atoms with E-state index < -0.39 is 11.6 Å². The molecule has 302 valence electrons. The largest absolute Gasteiger partial charge is 0.464 e. The van der Waals surface area contributed by atoms with Gasteiger partial charge < -0.3 is 19.5 Å². The van der Waals surface area contributed by atoms with E-state index in [9.17, 15) is 14.4 Å². The van der Waals surface area contributed by atoms with Crippen molar-refractivity contribution in [3.8, 4) is 0 Å². The van der Waals surface area contributed by atoms with Crippen molar-refractivity contribution in [3.63, 3.8) is 0 Å². The summed E-state index contributed by atoms with van der Waals surface area (Å²) in [6.07, 6.45) is 46.3. The van der Waals surface area contributed by atoms with E-state index in [1.54, 1.807) is 0 Å². The van der Waals surface area contributed by atoms with Gasteiger partial charge in [0.2, 0.25) is 0 Å². The molecule has 1 N–H and O–H groups in total. The van der Waals surface area contributed by atoms with Crippen LogP contribution in [0.1, 0.15) is 169 Å². The molecule has 0 aliphatic rings. The number of nitrogens with one attached hydrogen (secondary N) is 1. The third-order valence-electron chi connectivity index (χ3n) is 8.14. The van der Waals surface area contributed by atoms with Crippen molar-refractivity contribution in [1.82, 2.24) is 5.32 Å². The normalized spacial score (nSPS) is 12.6. The monoisotopic (exact) mass is 740 g/mol. The average molecular weight is 740 g/mol. The van der Waals surface area contributed by atoms with Crippen LogP contribution in [0, 0.1) is 0 Å². The summed E-state index contributed by atoms with van der Waals surface area (Å²) in [5, 5.41) is 3.21. The molecule has 0 aromatic rings. The van der Waals surface area contributed by atoms with Gasteiger partial charge in [-0.3, -0.25) is 14.4 Å². The van der Waals surface area contributed by atoms with Crippen LogP contribution in [0.25, 0.3) is 0 Å². The Labute approximate surface area is 324 Å². The Morgan fingerprint density at radius 2 is 0.868 bits per heavy atom. The molecule has 0 aromatic carbocycles. The fraction of sp³-hybridized carbons (Fsp3) is 0.674. The van der Waals surface area contributed by atoms with E-state index in [4.69, 9.17) is 14.2 Å². The summed E-state index contributed by atoms with van der Waals surface area (Å²) in [5.74, 6) is -0.811. The summed E-state index contributed by atoms with van der Waals surface area (Å²) in [7, 11) is 0. The zero-order chi connectivity index (χ0) is 39.1. The summed E-state index contributed by atoms with van der Waals surface area (Å²) < 4.78 is 16.5. The van der Waals surface area contributed by atoms with Crippen molar-refractivity contribution in [1.29, 1.82) is 0 Å². The van der Waals surface area contributed by atoms with Gasteiger partial charge in [-0.25, -0.2) is 0 Å². The quantitative estimate of drug-likeness (QED) is 0.0304. The lowest BCUT2D eigenvalue weighted by molar-refractivity contribution is -0.155. The lowest BCUT2D eigenvalue weighted by Crippen LogP contribution is -2.40. The van der Waals surface area contributed by atoms with Crippen LogP contribution in [0.4, 0.5) is 0 Å². The number of hydrogen-bond acceptors (Lipinski definition) is 7. The zero-order valence-corrected chi connectivity index (χ0v) is 34.4. The number of carbonyl (C=O) groups excluding carboxylic acids is 3. The third kappa shape index (κ3) is 39.8. The van der Waals surface area contributed by atoms with Gasteiger partial charge in [0, 0.05) is 19.4 Å². The molecular weight excluding hydrogens is 663 g/mol. The van der Waals surface area contributed by atoms with Crippen molar-refractivity contribution in [3.05, 3.63) is 72.9 Å². The van der Waals surface area contributed by atoms with E-state index in [0.29, 0.717) is 19.4 Å². The second-order valence-corrected chi connectivity index (χ2v) is 14.6. The molecule has 0 saturated heterocycles. The molecule has 0 heterocycles. The minimum atomic E-state index is -0.554. The highest BCUT2D eigenvalue weighted by Gasteiger charge is 2.18. The fourth-order valence-electron chi connectivity index (χ4n) is 5.25. The second kappa shape index (κ2) is 37.1. The number of hydrogen-bond donors (Lipinski definition) is 1. The first-order valence-corrected chi connectivity index (χ1v) is 20.8. The van der Waals surface area contributed by atoms with Gasteiger partial charge in [0.25, 0.3) is 0 Å². The van der Waals surface area contributed by atoms with E-state index in [0.717, 1.165) is 116 Å². The van der Waals surface area contributed by atoms with E-state index >= 15 is 0 Å². The molecule has 0 radical (unpaired) electrons. The van der Waals surface area contributed by atoms with Gasteiger partial charge in [0.15, 0.2) is 0 Å². The van der Waals surface area contributed by atoms with Crippen molar-refractivity contribution in [2.45, 2.75) is 181 Å². The van der Waals surface area contributed by atoms with Crippen LogP contribution in [0.2, 0.25) is 0 Å². The van der Waals surface area contributed by atoms with E-state index in [1.165, 1.54) is 0 Å². The third-order valence-corrected chi connectivity index (χ3v) is 8.14. The number of rotatable bonds is 34. The van der Waals surface area contributed by atoms with Gasteiger partial charge in [-0.2, -0.15) is 0 Å². The van der Waals surface area contributed by atoms with Gasteiger partial charge in [0.05, 0.1) is 12.5 Å². The van der Waals surface area contributed by atoms with Crippen LogP contribution in [0.15, 0.2) is 72.9 Å². The standard InChI is InChI=1S/C46H77NO6/c1-6-8-10-12-14-16-18-20-22-24-26-28-30-32-34-36-43(48)51-40-42(47-39-38-45(50)53-46(3,4)5)41-52-44(49)37-35-33-31-29-27-25-23-21-19-17-15-13-11-9-7-2/h8-11,14-17,20-23,42,47H,6-7,12-13,18-19,24-41H2,1-5H3/b10-8-,11-9-,16-14-,17-15-,22-20-,23-21-. The highest BCUT2D eigenvalue weighted by molar-refractivity contribution is 5.70. The molecule has 0 bridgehead atoms. The maximum atomic E-state index is 12.5. The number of allylic oxidation sites excluding steroid dienone is 12. The number of ether oxygens (including phenoxy) is 3. The molecule has 53 heavy (non-hydrogen) atoms.